The number of nitrogens with zero attached hydrogens (tertiary/aromatic N) is 1. The summed E-state index contributed by atoms with van der Waals surface area (Å²) >= 11 is 0. The average molecular weight is 259 g/mol. The molecule has 100 valence electrons. The Morgan fingerprint density at radius 3 is 2.74 bits per heavy atom. The summed E-state index contributed by atoms with van der Waals surface area (Å²) in [6.45, 7) is 3.74. The van der Waals surface area contributed by atoms with E-state index in [1.54, 1.807) is 19.9 Å². The molecule has 2 amide bonds. The molecule has 0 radical (unpaired) electrons. The van der Waals surface area contributed by atoms with Crippen LogP contribution in [0.4, 0.5) is 4.79 Å². The highest BCUT2D eigenvalue weighted by molar-refractivity contribution is 6.03. The number of benzene rings is 1. The number of imide groups is 1. The molecule has 0 unspecified atom stereocenters. The summed E-state index contributed by atoms with van der Waals surface area (Å²) in [5.41, 5.74) is 1.64. The zero-order chi connectivity index (χ0) is 13.8. The van der Waals surface area contributed by atoms with Crippen molar-refractivity contribution in [2.75, 3.05) is 6.61 Å². The monoisotopic (exact) mass is 259 g/mol. The summed E-state index contributed by atoms with van der Waals surface area (Å²) in [6, 6.07) is 9.55. The highest BCUT2D eigenvalue weighted by atomic mass is 16.6. The molecule has 0 N–H and O–H groups in total. The summed E-state index contributed by atoms with van der Waals surface area (Å²) in [5.74, 6) is -0.272. The van der Waals surface area contributed by atoms with Gasteiger partial charge in [-0.15, -0.1) is 0 Å². The lowest BCUT2D eigenvalue weighted by Crippen LogP contribution is -2.40. The minimum atomic E-state index is -0.549. The van der Waals surface area contributed by atoms with E-state index in [-0.39, 0.29) is 18.6 Å². The Kier molecular flexibility index (Phi) is 4.00. The lowest BCUT2D eigenvalue weighted by atomic mass is 10.1. The molecule has 4 nitrogen and oxygen atoms in total. The van der Waals surface area contributed by atoms with Gasteiger partial charge in [-0.05, 0) is 25.8 Å². The van der Waals surface area contributed by atoms with Gasteiger partial charge in [0.15, 0.2) is 0 Å². The van der Waals surface area contributed by atoms with Crippen LogP contribution in [0.5, 0.6) is 0 Å². The average Bonchev–Trinajstić information content (AvgIpc) is 2.79. The van der Waals surface area contributed by atoms with E-state index in [4.69, 9.17) is 4.74 Å². The van der Waals surface area contributed by atoms with Crippen LogP contribution in [-0.4, -0.2) is 29.5 Å². The van der Waals surface area contributed by atoms with Crippen LogP contribution >= 0.6 is 0 Å². The van der Waals surface area contributed by atoms with Gasteiger partial charge in [0.05, 0.1) is 6.04 Å². The van der Waals surface area contributed by atoms with Crippen LogP contribution < -0.4 is 0 Å². The van der Waals surface area contributed by atoms with Gasteiger partial charge in [-0.3, -0.25) is 4.79 Å². The van der Waals surface area contributed by atoms with Gasteiger partial charge in [-0.2, -0.15) is 0 Å². The molecular formula is C15H17NO3. The Morgan fingerprint density at radius 2 is 2.11 bits per heavy atom. The Hall–Kier alpha value is -2.10. The molecule has 1 aliphatic heterocycles. The van der Waals surface area contributed by atoms with Crippen molar-refractivity contribution in [2.24, 2.45) is 0 Å². The van der Waals surface area contributed by atoms with E-state index in [1.807, 2.05) is 30.3 Å². The SMILES string of the molecule is C/C=C(\C)C(=O)N1C(=O)OC[C@@H]1Cc1ccccc1. The number of rotatable bonds is 3. The molecule has 1 saturated heterocycles. The lowest BCUT2D eigenvalue weighted by Gasteiger charge is -2.19. The van der Waals surface area contributed by atoms with E-state index in [9.17, 15) is 9.59 Å². The van der Waals surface area contributed by atoms with E-state index < -0.39 is 6.09 Å². The van der Waals surface area contributed by atoms with Crippen LogP contribution in [0.1, 0.15) is 19.4 Å². The molecule has 1 fully saturated rings. The maximum absolute atomic E-state index is 12.1. The van der Waals surface area contributed by atoms with E-state index >= 15 is 0 Å². The molecule has 0 aromatic heterocycles. The van der Waals surface area contributed by atoms with Crippen molar-refractivity contribution in [2.45, 2.75) is 26.3 Å². The third-order valence-electron chi connectivity index (χ3n) is 3.26. The van der Waals surface area contributed by atoms with Crippen LogP contribution in [0, 0.1) is 0 Å². The topological polar surface area (TPSA) is 46.6 Å². The number of carbonyl (C=O) groups is 2. The van der Waals surface area contributed by atoms with E-state index in [1.165, 1.54) is 4.90 Å². The molecule has 4 heteroatoms. The van der Waals surface area contributed by atoms with Gasteiger partial charge in [0, 0.05) is 5.57 Å². The van der Waals surface area contributed by atoms with Gasteiger partial charge in [-0.25, -0.2) is 9.69 Å². The zero-order valence-corrected chi connectivity index (χ0v) is 11.1. The number of hydrogen-bond acceptors (Lipinski definition) is 3. The highest BCUT2D eigenvalue weighted by Gasteiger charge is 2.38. The van der Waals surface area contributed by atoms with Gasteiger partial charge in [0.25, 0.3) is 5.91 Å². The van der Waals surface area contributed by atoms with Gasteiger partial charge >= 0.3 is 6.09 Å². The molecule has 2 rings (SSSR count). The first kappa shape index (κ1) is 13.3. The van der Waals surface area contributed by atoms with Crippen molar-refractivity contribution < 1.29 is 14.3 Å². The second kappa shape index (κ2) is 5.69. The van der Waals surface area contributed by atoms with Crippen molar-refractivity contribution >= 4 is 12.0 Å². The predicted molar refractivity (Wildman–Crippen MR) is 71.6 cm³/mol. The molecule has 0 spiro atoms. The normalized spacial score (nSPS) is 19.5. The van der Waals surface area contributed by atoms with Crippen molar-refractivity contribution in [1.29, 1.82) is 0 Å². The second-order valence-corrected chi connectivity index (χ2v) is 4.57. The Morgan fingerprint density at radius 1 is 1.42 bits per heavy atom. The fraction of sp³-hybridized carbons (Fsp3) is 0.333. The van der Waals surface area contributed by atoms with Crippen LogP contribution in [0.2, 0.25) is 0 Å². The molecule has 0 bridgehead atoms. The molecule has 1 aliphatic rings. The Balaban J connectivity index is 2.16. The van der Waals surface area contributed by atoms with Crippen molar-refractivity contribution in [3.63, 3.8) is 0 Å². The van der Waals surface area contributed by atoms with E-state index in [0.29, 0.717) is 12.0 Å². The predicted octanol–water partition coefficient (Wildman–Crippen LogP) is 2.54. The molecule has 1 aromatic carbocycles. The molecule has 1 heterocycles. The van der Waals surface area contributed by atoms with Gasteiger partial charge < -0.3 is 4.74 Å². The molecule has 0 aliphatic carbocycles. The first-order chi connectivity index (χ1) is 9.13. The summed E-state index contributed by atoms with van der Waals surface area (Å²) in [5, 5.41) is 0. The van der Waals surface area contributed by atoms with Crippen LogP contribution in [0.15, 0.2) is 42.0 Å². The zero-order valence-electron chi connectivity index (χ0n) is 11.1. The number of carbonyl (C=O) groups excluding carboxylic acids is 2. The van der Waals surface area contributed by atoms with Crippen molar-refractivity contribution in [3.05, 3.63) is 47.5 Å². The number of allylic oxidation sites excluding steroid dienone is 1. The second-order valence-electron chi connectivity index (χ2n) is 4.57. The molecule has 19 heavy (non-hydrogen) atoms. The standard InChI is InChI=1S/C15H17NO3/c1-3-11(2)14(17)16-13(10-19-15(16)18)9-12-7-5-4-6-8-12/h3-8,13H,9-10H2,1-2H3/b11-3+/t13-/m0/s1. The van der Waals surface area contributed by atoms with Crippen molar-refractivity contribution in [3.8, 4) is 0 Å². The number of hydrogen-bond donors (Lipinski definition) is 0. The maximum Gasteiger partial charge on any atom is 0.417 e. The van der Waals surface area contributed by atoms with Crippen LogP contribution in [0.3, 0.4) is 0 Å². The fourth-order valence-corrected chi connectivity index (χ4v) is 2.06. The summed E-state index contributed by atoms with van der Waals surface area (Å²) in [4.78, 5) is 25.1. The van der Waals surface area contributed by atoms with E-state index in [2.05, 4.69) is 0 Å². The third-order valence-corrected chi connectivity index (χ3v) is 3.26. The fourth-order valence-electron chi connectivity index (χ4n) is 2.06. The number of ether oxygens (including phenoxy) is 1. The third kappa shape index (κ3) is 2.84. The largest absolute Gasteiger partial charge is 0.447 e. The molecule has 1 atom stereocenters. The Bertz CT molecular complexity index is 507. The maximum atomic E-state index is 12.1. The highest BCUT2D eigenvalue weighted by Crippen LogP contribution is 2.19. The first-order valence-corrected chi connectivity index (χ1v) is 6.30. The van der Waals surface area contributed by atoms with Crippen LogP contribution in [-0.2, 0) is 16.0 Å². The minimum Gasteiger partial charge on any atom is -0.447 e. The van der Waals surface area contributed by atoms with Gasteiger partial charge in [0.1, 0.15) is 6.61 Å². The summed E-state index contributed by atoms with van der Waals surface area (Å²) < 4.78 is 5.01. The van der Waals surface area contributed by atoms with Gasteiger partial charge in [0.2, 0.25) is 0 Å². The summed E-state index contributed by atoms with van der Waals surface area (Å²) in [7, 11) is 0. The van der Waals surface area contributed by atoms with Crippen LogP contribution in [0.25, 0.3) is 0 Å². The Labute approximate surface area is 112 Å². The molecular weight excluding hydrogens is 242 g/mol. The molecule has 0 saturated carbocycles. The number of amides is 2. The first-order valence-electron chi connectivity index (χ1n) is 6.30. The lowest BCUT2D eigenvalue weighted by molar-refractivity contribution is -0.125. The quantitative estimate of drug-likeness (QED) is 0.784. The van der Waals surface area contributed by atoms with Gasteiger partial charge in [-0.1, -0.05) is 36.4 Å². The number of cyclic esters (lactones) is 1. The van der Waals surface area contributed by atoms with Crippen molar-refractivity contribution in [1.82, 2.24) is 4.90 Å². The summed E-state index contributed by atoms with van der Waals surface area (Å²) in [6.07, 6.45) is 1.77. The molecule has 1 aromatic rings. The smallest absolute Gasteiger partial charge is 0.417 e. The van der Waals surface area contributed by atoms with E-state index in [0.717, 1.165) is 5.56 Å². The minimum absolute atomic E-state index is 0.225.